The number of nitrogens with one attached hydrogen (secondary N) is 1. The van der Waals surface area contributed by atoms with E-state index in [0.717, 1.165) is 16.1 Å². The molecular formula is C13H11BrF2N2. The normalized spacial score (nSPS) is 10.4. The summed E-state index contributed by atoms with van der Waals surface area (Å²) in [5.41, 5.74) is 1.43. The van der Waals surface area contributed by atoms with Gasteiger partial charge in [-0.15, -0.1) is 0 Å². The van der Waals surface area contributed by atoms with E-state index in [4.69, 9.17) is 0 Å². The number of halogens is 3. The van der Waals surface area contributed by atoms with Gasteiger partial charge < -0.3 is 5.32 Å². The molecule has 0 fully saturated rings. The van der Waals surface area contributed by atoms with E-state index in [2.05, 4.69) is 26.2 Å². The molecule has 2 nitrogen and oxygen atoms in total. The van der Waals surface area contributed by atoms with Crippen LogP contribution in [0.1, 0.15) is 11.1 Å². The molecule has 0 aliphatic carbocycles. The van der Waals surface area contributed by atoms with E-state index >= 15 is 0 Å². The Hall–Kier alpha value is -1.49. The molecule has 1 heterocycles. The molecule has 0 atom stereocenters. The van der Waals surface area contributed by atoms with Gasteiger partial charge in [0.05, 0.1) is 4.47 Å². The summed E-state index contributed by atoms with van der Waals surface area (Å²) in [7, 11) is 0. The zero-order chi connectivity index (χ0) is 13.1. The summed E-state index contributed by atoms with van der Waals surface area (Å²) in [5.74, 6) is -0.504. The Morgan fingerprint density at radius 2 is 2.06 bits per heavy atom. The first-order chi connectivity index (χ1) is 8.58. The van der Waals surface area contributed by atoms with E-state index in [9.17, 15) is 8.78 Å². The van der Waals surface area contributed by atoms with Crippen LogP contribution in [0.4, 0.5) is 14.6 Å². The van der Waals surface area contributed by atoms with Crippen molar-refractivity contribution in [3.8, 4) is 0 Å². The maximum Gasteiger partial charge on any atom is 0.140 e. The van der Waals surface area contributed by atoms with Crippen molar-refractivity contribution < 1.29 is 8.78 Å². The maximum absolute atomic E-state index is 13.4. The van der Waals surface area contributed by atoms with E-state index in [1.165, 1.54) is 12.1 Å². The SMILES string of the molecule is Cc1ccnc(NCc2ccc(F)cc2F)c1Br. The fraction of sp³-hybridized carbons (Fsp3) is 0.154. The van der Waals surface area contributed by atoms with Gasteiger partial charge in [-0.05, 0) is 40.5 Å². The van der Waals surface area contributed by atoms with Gasteiger partial charge in [-0.25, -0.2) is 13.8 Å². The van der Waals surface area contributed by atoms with Gasteiger partial charge in [-0.1, -0.05) is 6.07 Å². The summed E-state index contributed by atoms with van der Waals surface area (Å²) in [5, 5.41) is 3.01. The Balaban J connectivity index is 2.14. The molecule has 0 spiro atoms. The minimum atomic E-state index is -0.578. The molecule has 0 saturated heterocycles. The van der Waals surface area contributed by atoms with E-state index in [-0.39, 0.29) is 6.54 Å². The number of aromatic nitrogens is 1. The number of aryl methyl sites for hydroxylation is 1. The van der Waals surface area contributed by atoms with Crippen LogP contribution >= 0.6 is 15.9 Å². The second-order valence-electron chi connectivity index (χ2n) is 3.88. The number of nitrogens with zero attached hydrogens (tertiary/aromatic N) is 1. The molecule has 1 N–H and O–H groups in total. The Morgan fingerprint density at radius 1 is 1.28 bits per heavy atom. The minimum absolute atomic E-state index is 0.251. The molecule has 0 amide bonds. The monoisotopic (exact) mass is 312 g/mol. The van der Waals surface area contributed by atoms with E-state index < -0.39 is 11.6 Å². The third kappa shape index (κ3) is 2.85. The molecule has 0 radical (unpaired) electrons. The summed E-state index contributed by atoms with van der Waals surface area (Å²) < 4.78 is 27.0. The largest absolute Gasteiger partial charge is 0.365 e. The van der Waals surface area contributed by atoms with Crippen molar-refractivity contribution >= 4 is 21.7 Å². The molecular weight excluding hydrogens is 302 g/mol. The highest BCUT2D eigenvalue weighted by Gasteiger charge is 2.06. The third-order valence-corrected chi connectivity index (χ3v) is 3.54. The highest BCUT2D eigenvalue weighted by atomic mass is 79.9. The first kappa shape index (κ1) is 13.0. The van der Waals surface area contributed by atoms with Crippen LogP contribution in [-0.4, -0.2) is 4.98 Å². The summed E-state index contributed by atoms with van der Waals surface area (Å²) >= 11 is 3.41. The van der Waals surface area contributed by atoms with Crippen molar-refractivity contribution in [2.45, 2.75) is 13.5 Å². The van der Waals surface area contributed by atoms with Gasteiger partial charge in [0.15, 0.2) is 0 Å². The number of anilines is 1. The van der Waals surface area contributed by atoms with Gasteiger partial charge in [0.2, 0.25) is 0 Å². The van der Waals surface area contributed by atoms with Gasteiger partial charge in [0.1, 0.15) is 17.5 Å². The Labute approximate surface area is 112 Å². The zero-order valence-electron chi connectivity index (χ0n) is 9.67. The van der Waals surface area contributed by atoms with Crippen molar-refractivity contribution in [3.05, 3.63) is 57.7 Å². The fourth-order valence-electron chi connectivity index (χ4n) is 1.51. The number of pyridine rings is 1. The maximum atomic E-state index is 13.4. The van der Waals surface area contributed by atoms with E-state index in [1.807, 2.05) is 13.0 Å². The Bertz CT molecular complexity index is 573. The molecule has 0 saturated carbocycles. The molecule has 0 unspecified atom stereocenters. The lowest BCUT2D eigenvalue weighted by Crippen LogP contribution is -2.04. The number of benzene rings is 1. The second-order valence-corrected chi connectivity index (χ2v) is 4.67. The van der Waals surface area contributed by atoms with Crippen LogP contribution in [0, 0.1) is 18.6 Å². The molecule has 1 aromatic carbocycles. The number of hydrogen-bond acceptors (Lipinski definition) is 2. The van der Waals surface area contributed by atoms with Crippen LogP contribution in [0.25, 0.3) is 0 Å². The van der Waals surface area contributed by atoms with Crippen LogP contribution in [0.2, 0.25) is 0 Å². The van der Waals surface area contributed by atoms with Gasteiger partial charge >= 0.3 is 0 Å². The highest BCUT2D eigenvalue weighted by molar-refractivity contribution is 9.10. The number of hydrogen-bond donors (Lipinski definition) is 1. The van der Waals surface area contributed by atoms with Gasteiger partial charge in [-0.2, -0.15) is 0 Å². The summed E-state index contributed by atoms with van der Waals surface area (Å²) in [6, 6.07) is 5.39. The van der Waals surface area contributed by atoms with Gasteiger partial charge in [0, 0.05) is 24.4 Å². The average molecular weight is 313 g/mol. The standard InChI is InChI=1S/C13H11BrF2N2/c1-8-4-5-17-13(12(8)14)18-7-9-2-3-10(15)6-11(9)16/h2-6H,7H2,1H3,(H,17,18). The van der Waals surface area contributed by atoms with Crippen LogP contribution in [-0.2, 0) is 6.54 Å². The van der Waals surface area contributed by atoms with Crippen molar-refractivity contribution in [3.63, 3.8) is 0 Å². The molecule has 18 heavy (non-hydrogen) atoms. The Kier molecular flexibility index (Phi) is 3.91. The first-order valence-electron chi connectivity index (χ1n) is 5.37. The van der Waals surface area contributed by atoms with Crippen molar-refractivity contribution in [1.82, 2.24) is 4.98 Å². The molecule has 0 aliphatic heterocycles. The van der Waals surface area contributed by atoms with E-state index in [0.29, 0.717) is 11.4 Å². The highest BCUT2D eigenvalue weighted by Crippen LogP contribution is 2.24. The molecule has 94 valence electrons. The van der Waals surface area contributed by atoms with Gasteiger partial charge in [0.25, 0.3) is 0 Å². The lowest BCUT2D eigenvalue weighted by atomic mass is 10.2. The predicted molar refractivity (Wildman–Crippen MR) is 70.4 cm³/mol. The number of rotatable bonds is 3. The second kappa shape index (κ2) is 5.44. The van der Waals surface area contributed by atoms with Crippen LogP contribution in [0.3, 0.4) is 0 Å². The predicted octanol–water partition coefficient (Wildman–Crippen LogP) is 4.04. The first-order valence-corrected chi connectivity index (χ1v) is 6.16. The Morgan fingerprint density at radius 3 is 2.78 bits per heavy atom. The van der Waals surface area contributed by atoms with Gasteiger partial charge in [-0.3, -0.25) is 0 Å². The minimum Gasteiger partial charge on any atom is -0.365 e. The molecule has 5 heteroatoms. The summed E-state index contributed by atoms with van der Waals surface area (Å²) in [4.78, 5) is 4.15. The van der Waals surface area contributed by atoms with Crippen LogP contribution < -0.4 is 5.32 Å². The summed E-state index contributed by atoms with van der Waals surface area (Å²) in [6.07, 6.45) is 1.67. The van der Waals surface area contributed by atoms with Crippen molar-refractivity contribution in [1.29, 1.82) is 0 Å². The zero-order valence-corrected chi connectivity index (χ0v) is 11.3. The smallest absolute Gasteiger partial charge is 0.140 e. The fourth-order valence-corrected chi connectivity index (χ4v) is 1.88. The van der Waals surface area contributed by atoms with Crippen LogP contribution in [0.5, 0.6) is 0 Å². The molecule has 1 aromatic heterocycles. The average Bonchev–Trinajstić information content (AvgIpc) is 2.33. The molecule has 0 aliphatic rings. The molecule has 2 rings (SSSR count). The topological polar surface area (TPSA) is 24.9 Å². The van der Waals surface area contributed by atoms with Crippen molar-refractivity contribution in [2.75, 3.05) is 5.32 Å². The van der Waals surface area contributed by atoms with Crippen LogP contribution in [0.15, 0.2) is 34.9 Å². The third-order valence-electron chi connectivity index (χ3n) is 2.54. The molecule has 0 bridgehead atoms. The summed E-state index contributed by atoms with van der Waals surface area (Å²) in [6.45, 7) is 2.19. The van der Waals surface area contributed by atoms with Crippen molar-refractivity contribution in [2.24, 2.45) is 0 Å². The quantitative estimate of drug-likeness (QED) is 0.925. The lowest BCUT2D eigenvalue weighted by molar-refractivity contribution is 0.574. The lowest BCUT2D eigenvalue weighted by Gasteiger charge is -2.09. The van der Waals surface area contributed by atoms with E-state index in [1.54, 1.807) is 6.20 Å². The molecule has 2 aromatic rings.